The summed E-state index contributed by atoms with van der Waals surface area (Å²) in [7, 11) is 0. The third kappa shape index (κ3) is 6.30. The highest BCUT2D eigenvalue weighted by molar-refractivity contribution is 7.99. The molecule has 0 bridgehead atoms. The molecule has 0 aromatic heterocycles. The lowest BCUT2D eigenvalue weighted by Gasteiger charge is -2.29. The molecular weight excluding hydrogens is 392 g/mol. The molecule has 0 unspecified atom stereocenters. The van der Waals surface area contributed by atoms with Gasteiger partial charge in [0.1, 0.15) is 0 Å². The fraction of sp³-hybridized carbons (Fsp3) is 0.300. The molecule has 0 saturated carbocycles. The van der Waals surface area contributed by atoms with E-state index in [9.17, 15) is 14.9 Å². The standard InChI is InChI=1S/C20H22N4O4S/c25-20(8-13-29-18-4-2-1-3-5-18)22-21-15-16-14-17(24(26)27)6-7-19(16)23-9-11-28-12-10-23/h1-7,14-15H,8-13H2,(H,22,25)/b21-15+. The maximum Gasteiger partial charge on any atom is 0.270 e. The number of ether oxygens (including phenoxy) is 1. The summed E-state index contributed by atoms with van der Waals surface area (Å²) in [5, 5.41) is 15.1. The number of nitro benzene ring substituents is 1. The molecule has 29 heavy (non-hydrogen) atoms. The number of carbonyl (C=O) groups excluding carboxylic acids is 1. The second-order valence-electron chi connectivity index (χ2n) is 6.30. The molecular formula is C20H22N4O4S. The van der Waals surface area contributed by atoms with E-state index in [1.165, 1.54) is 18.3 Å². The van der Waals surface area contributed by atoms with Crippen LogP contribution in [0.5, 0.6) is 0 Å². The van der Waals surface area contributed by atoms with Crippen molar-refractivity contribution in [3.63, 3.8) is 0 Å². The van der Waals surface area contributed by atoms with Crippen LogP contribution in [0.1, 0.15) is 12.0 Å². The molecule has 152 valence electrons. The number of hydrogen-bond acceptors (Lipinski definition) is 7. The van der Waals surface area contributed by atoms with Crippen molar-refractivity contribution in [2.24, 2.45) is 5.10 Å². The van der Waals surface area contributed by atoms with Crippen LogP contribution in [0, 0.1) is 10.1 Å². The molecule has 1 N–H and O–H groups in total. The zero-order chi connectivity index (χ0) is 20.5. The Bertz CT molecular complexity index is 870. The van der Waals surface area contributed by atoms with Crippen molar-refractivity contribution in [1.29, 1.82) is 0 Å². The van der Waals surface area contributed by atoms with Crippen LogP contribution in [0.3, 0.4) is 0 Å². The predicted molar refractivity (Wildman–Crippen MR) is 114 cm³/mol. The summed E-state index contributed by atoms with van der Waals surface area (Å²) in [5.74, 6) is 0.435. The number of non-ortho nitro benzene ring substituents is 1. The Morgan fingerprint density at radius 1 is 1.24 bits per heavy atom. The van der Waals surface area contributed by atoms with Crippen LogP contribution in [0.25, 0.3) is 0 Å². The number of hydrazone groups is 1. The SMILES string of the molecule is O=C(CCSc1ccccc1)N/N=C/c1cc([N+](=O)[O-])ccc1N1CCOCC1. The number of carbonyl (C=O) groups is 1. The zero-order valence-electron chi connectivity index (χ0n) is 15.8. The maximum absolute atomic E-state index is 12.0. The van der Waals surface area contributed by atoms with E-state index in [-0.39, 0.29) is 11.6 Å². The second-order valence-corrected chi connectivity index (χ2v) is 7.47. The first-order chi connectivity index (χ1) is 14.1. The van der Waals surface area contributed by atoms with Crippen LogP contribution in [0.15, 0.2) is 58.5 Å². The van der Waals surface area contributed by atoms with Crippen LogP contribution in [-0.2, 0) is 9.53 Å². The maximum atomic E-state index is 12.0. The van der Waals surface area contributed by atoms with Gasteiger partial charge in [-0.1, -0.05) is 18.2 Å². The lowest BCUT2D eigenvalue weighted by Crippen LogP contribution is -2.36. The number of morpholine rings is 1. The molecule has 2 aromatic carbocycles. The van der Waals surface area contributed by atoms with Crippen molar-refractivity contribution < 1.29 is 14.5 Å². The molecule has 9 heteroatoms. The minimum atomic E-state index is -0.445. The van der Waals surface area contributed by atoms with Gasteiger partial charge >= 0.3 is 0 Å². The zero-order valence-corrected chi connectivity index (χ0v) is 16.6. The number of hydrogen-bond donors (Lipinski definition) is 1. The number of nitro groups is 1. The largest absolute Gasteiger partial charge is 0.378 e. The lowest BCUT2D eigenvalue weighted by molar-refractivity contribution is -0.384. The van der Waals surface area contributed by atoms with Crippen LogP contribution in [-0.4, -0.2) is 49.1 Å². The van der Waals surface area contributed by atoms with Crippen LogP contribution in [0.2, 0.25) is 0 Å². The molecule has 2 aromatic rings. The van der Waals surface area contributed by atoms with Gasteiger partial charge in [-0.15, -0.1) is 11.8 Å². The van der Waals surface area contributed by atoms with E-state index in [0.29, 0.717) is 44.0 Å². The Labute approximate surface area is 173 Å². The van der Waals surface area contributed by atoms with E-state index in [2.05, 4.69) is 15.4 Å². The van der Waals surface area contributed by atoms with Crippen molar-refractivity contribution in [2.75, 3.05) is 37.0 Å². The number of amides is 1. The number of anilines is 1. The molecule has 0 atom stereocenters. The fourth-order valence-corrected chi connectivity index (χ4v) is 3.73. The summed E-state index contributed by atoms with van der Waals surface area (Å²) in [4.78, 5) is 25.9. The molecule has 0 aliphatic carbocycles. The lowest BCUT2D eigenvalue weighted by atomic mass is 10.1. The summed E-state index contributed by atoms with van der Waals surface area (Å²) in [6, 6.07) is 14.5. The van der Waals surface area contributed by atoms with E-state index in [4.69, 9.17) is 4.74 Å². The summed E-state index contributed by atoms with van der Waals surface area (Å²) in [6.07, 6.45) is 1.78. The van der Waals surface area contributed by atoms with Crippen molar-refractivity contribution in [3.05, 3.63) is 64.2 Å². The van der Waals surface area contributed by atoms with Gasteiger partial charge in [0.05, 0.1) is 24.4 Å². The Kier molecular flexibility index (Phi) is 7.60. The third-order valence-electron chi connectivity index (χ3n) is 4.31. The number of nitrogens with one attached hydrogen (secondary N) is 1. The summed E-state index contributed by atoms with van der Waals surface area (Å²) in [5.41, 5.74) is 3.89. The van der Waals surface area contributed by atoms with Gasteiger partial charge in [-0.25, -0.2) is 5.43 Å². The molecule has 1 aliphatic rings. The quantitative estimate of drug-likeness (QED) is 0.309. The van der Waals surface area contributed by atoms with Gasteiger partial charge < -0.3 is 9.64 Å². The third-order valence-corrected chi connectivity index (χ3v) is 5.32. The number of benzene rings is 2. The minimum Gasteiger partial charge on any atom is -0.378 e. The Morgan fingerprint density at radius 2 is 2.00 bits per heavy atom. The average Bonchev–Trinajstić information content (AvgIpc) is 2.75. The van der Waals surface area contributed by atoms with Gasteiger partial charge in [-0.3, -0.25) is 14.9 Å². The first-order valence-electron chi connectivity index (χ1n) is 9.24. The first kappa shape index (κ1) is 20.8. The predicted octanol–water partition coefficient (Wildman–Crippen LogP) is 3.06. The molecule has 8 nitrogen and oxygen atoms in total. The highest BCUT2D eigenvalue weighted by Crippen LogP contribution is 2.25. The normalized spacial score (nSPS) is 14.1. The Hall–Kier alpha value is -2.91. The monoisotopic (exact) mass is 414 g/mol. The van der Waals surface area contributed by atoms with Gasteiger partial charge in [0.15, 0.2) is 0 Å². The summed E-state index contributed by atoms with van der Waals surface area (Å²) >= 11 is 1.60. The van der Waals surface area contributed by atoms with E-state index >= 15 is 0 Å². The van der Waals surface area contributed by atoms with Crippen molar-refractivity contribution in [1.82, 2.24) is 5.43 Å². The molecule has 1 heterocycles. The second kappa shape index (κ2) is 10.6. The molecule has 1 amide bonds. The van der Waals surface area contributed by atoms with Gasteiger partial charge in [-0.05, 0) is 18.2 Å². The van der Waals surface area contributed by atoms with E-state index in [0.717, 1.165) is 10.6 Å². The highest BCUT2D eigenvalue weighted by atomic mass is 32.2. The van der Waals surface area contributed by atoms with Crippen LogP contribution >= 0.6 is 11.8 Å². The topological polar surface area (TPSA) is 97.1 Å². The molecule has 0 spiro atoms. The summed E-state index contributed by atoms with van der Waals surface area (Å²) < 4.78 is 5.36. The highest BCUT2D eigenvalue weighted by Gasteiger charge is 2.17. The van der Waals surface area contributed by atoms with Crippen LogP contribution in [0.4, 0.5) is 11.4 Å². The fourth-order valence-electron chi connectivity index (χ4n) is 2.86. The molecule has 0 radical (unpaired) electrons. The van der Waals surface area contributed by atoms with Crippen LogP contribution < -0.4 is 10.3 Å². The summed E-state index contributed by atoms with van der Waals surface area (Å²) in [6.45, 7) is 2.59. The minimum absolute atomic E-state index is 0.0194. The van der Waals surface area contributed by atoms with Crippen molar-refractivity contribution >= 4 is 35.3 Å². The van der Waals surface area contributed by atoms with E-state index in [1.807, 2.05) is 30.3 Å². The number of rotatable bonds is 8. The molecule has 1 aliphatic heterocycles. The number of nitrogens with zero attached hydrogens (tertiary/aromatic N) is 3. The first-order valence-corrected chi connectivity index (χ1v) is 10.2. The Morgan fingerprint density at radius 3 is 2.72 bits per heavy atom. The van der Waals surface area contributed by atoms with E-state index in [1.54, 1.807) is 17.8 Å². The van der Waals surface area contributed by atoms with Gasteiger partial charge in [0.2, 0.25) is 5.91 Å². The molecule has 1 fully saturated rings. The smallest absolute Gasteiger partial charge is 0.270 e. The molecule has 3 rings (SSSR count). The van der Waals surface area contributed by atoms with Crippen molar-refractivity contribution in [3.8, 4) is 0 Å². The van der Waals surface area contributed by atoms with E-state index < -0.39 is 4.92 Å². The average molecular weight is 414 g/mol. The van der Waals surface area contributed by atoms with Crippen molar-refractivity contribution in [2.45, 2.75) is 11.3 Å². The van der Waals surface area contributed by atoms with Gasteiger partial charge in [0.25, 0.3) is 5.69 Å². The Balaban J connectivity index is 1.59. The molecule has 1 saturated heterocycles. The van der Waals surface area contributed by atoms with Gasteiger partial charge in [-0.2, -0.15) is 5.10 Å². The van der Waals surface area contributed by atoms with Gasteiger partial charge in [0, 0.05) is 53.5 Å². The number of thioether (sulfide) groups is 1.